The topological polar surface area (TPSA) is 35.8 Å². The Bertz CT molecular complexity index is 637. The Balaban J connectivity index is 2.23. The molecule has 2 aromatic rings. The molecule has 0 heterocycles. The third-order valence-corrected chi connectivity index (χ3v) is 3.72. The lowest BCUT2D eigenvalue weighted by atomic mass is 10.1. The van der Waals surface area contributed by atoms with E-state index in [2.05, 4.69) is 11.4 Å². The van der Waals surface area contributed by atoms with E-state index in [4.69, 9.17) is 40.1 Å². The fraction of sp³-hybridized carbons (Fsp3) is 0.133. The molecule has 0 amide bonds. The van der Waals surface area contributed by atoms with Gasteiger partial charge in [-0.05, 0) is 36.8 Å². The van der Waals surface area contributed by atoms with Gasteiger partial charge in [-0.2, -0.15) is 5.26 Å². The molecule has 0 fully saturated rings. The second-order valence-corrected chi connectivity index (χ2v) is 5.60. The molecule has 0 aliphatic carbocycles. The fourth-order valence-electron chi connectivity index (χ4n) is 1.83. The minimum atomic E-state index is -0.00100. The Labute approximate surface area is 132 Å². The molecule has 1 atom stereocenters. The lowest BCUT2D eigenvalue weighted by Gasteiger charge is -2.18. The van der Waals surface area contributed by atoms with Gasteiger partial charge in [-0.3, -0.25) is 0 Å². The number of benzene rings is 2. The van der Waals surface area contributed by atoms with Gasteiger partial charge in [0, 0.05) is 11.1 Å². The van der Waals surface area contributed by atoms with Crippen LogP contribution in [0, 0.1) is 11.3 Å². The maximum Gasteiger partial charge on any atom is 0.0991 e. The van der Waals surface area contributed by atoms with Crippen LogP contribution < -0.4 is 5.32 Å². The van der Waals surface area contributed by atoms with Crippen molar-refractivity contribution in [3.05, 3.63) is 62.6 Å². The molecule has 0 radical (unpaired) electrons. The average molecular weight is 326 g/mol. The number of hydrogen-bond donors (Lipinski definition) is 1. The zero-order valence-corrected chi connectivity index (χ0v) is 12.9. The summed E-state index contributed by atoms with van der Waals surface area (Å²) < 4.78 is 0. The van der Waals surface area contributed by atoms with Crippen molar-refractivity contribution in [1.29, 1.82) is 5.26 Å². The third-order valence-electron chi connectivity index (χ3n) is 2.91. The summed E-state index contributed by atoms with van der Waals surface area (Å²) in [6, 6.07) is 12.7. The Morgan fingerprint density at radius 1 is 1.05 bits per heavy atom. The fourth-order valence-corrected chi connectivity index (χ4v) is 2.75. The van der Waals surface area contributed by atoms with E-state index >= 15 is 0 Å². The highest BCUT2D eigenvalue weighted by Crippen LogP contribution is 2.35. The Morgan fingerprint density at radius 2 is 1.60 bits per heavy atom. The van der Waals surface area contributed by atoms with E-state index in [0.717, 1.165) is 5.56 Å². The van der Waals surface area contributed by atoms with E-state index in [9.17, 15) is 0 Å². The summed E-state index contributed by atoms with van der Waals surface area (Å²) in [5.74, 6) is 0. The summed E-state index contributed by atoms with van der Waals surface area (Å²) in [5.41, 5.74) is 2.31. The highest BCUT2D eigenvalue weighted by molar-refractivity contribution is 6.41. The smallest absolute Gasteiger partial charge is 0.0991 e. The standard InChI is InChI=1S/C15H11Cl3N2/c1-9(11-4-2-10(8-19)3-5-11)20-15-13(17)6-12(16)7-14(15)18/h2-7,9,20H,1H3. The predicted octanol–water partition coefficient (Wildman–Crippen LogP) is 5.69. The molecular formula is C15H11Cl3N2. The minimum absolute atomic E-state index is 0.00100. The summed E-state index contributed by atoms with van der Waals surface area (Å²) >= 11 is 18.2. The average Bonchev–Trinajstić information content (AvgIpc) is 2.42. The second-order valence-electron chi connectivity index (χ2n) is 4.34. The number of rotatable bonds is 3. The van der Waals surface area contributed by atoms with E-state index in [1.54, 1.807) is 24.3 Å². The first-order valence-electron chi connectivity index (χ1n) is 5.92. The normalized spacial score (nSPS) is 11.8. The molecule has 0 aliphatic heterocycles. The maximum atomic E-state index is 8.79. The van der Waals surface area contributed by atoms with Crippen LogP contribution in [0.2, 0.25) is 15.1 Å². The molecule has 2 aromatic carbocycles. The molecule has 2 rings (SSSR count). The predicted molar refractivity (Wildman–Crippen MR) is 84.7 cm³/mol. The quantitative estimate of drug-likeness (QED) is 0.786. The van der Waals surface area contributed by atoms with Crippen LogP contribution >= 0.6 is 34.8 Å². The number of nitriles is 1. The highest BCUT2D eigenvalue weighted by atomic mass is 35.5. The SMILES string of the molecule is CC(Nc1c(Cl)cc(Cl)cc1Cl)c1ccc(C#N)cc1. The van der Waals surface area contributed by atoms with Gasteiger partial charge in [0.2, 0.25) is 0 Å². The van der Waals surface area contributed by atoms with Crippen molar-refractivity contribution in [3.8, 4) is 6.07 Å². The van der Waals surface area contributed by atoms with Gasteiger partial charge in [-0.15, -0.1) is 0 Å². The van der Waals surface area contributed by atoms with Crippen LogP contribution in [-0.2, 0) is 0 Å². The number of halogens is 3. The van der Waals surface area contributed by atoms with Gasteiger partial charge in [0.15, 0.2) is 0 Å². The minimum Gasteiger partial charge on any atom is -0.376 e. The van der Waals surface area contributed by atoms with E-state index in [0.29, 0.717) is 26.3 Å². The highest BCUT2D eigenvalue weighted by Gasteiger charge is 2.12. The summed E-state index contributed by atoms with van der Waals surface area (Å²) in [4.78, 5) is 0. The molecule has 1 unspecified atom stereocenters. The van der Waals surface area contributed by atoms with Gasteiger partial charge < -0.3 is 5.32 Å². The van der Waals surface area contributed by atoms with Gasteiger partial charge in [0.25, 0.3) is 0 Å². The molecule has 0 aromatic heterocycles. The first kappa shape index (κ1) is 15.0. The Morgan fingerprint density at radius 3 is 2.10 bits per heavy atom. The second kappa shape index (κ2) is 6.37. The molecule has 2 nitrogen and oxygen atoms in total. The van der Waals surface area contributed by atoms with Crippen LogP contribution in [0.3, 0.4) is 0 Å². The van der Waals surface area contributed by atoms with E-state index < -0.39 is 0 Å². The lowest BCUT2D eigenvalue weighted by molar-refractivity contribution is 0.885. The molecule has 0 bridgehead atoms. The van der Waals surface area contributed by atoms with Crippen LogP contribution in [0.25, 0.3) is 0 Å². The van der Waals surface area contributed by atoms with Crippen LogP contribution in [0.15, 0.2) is 36.4 Å². The molecule has 0 spiro atoms. The van der Waals surface area contributed by atoms with E-state index in [1.165, 1.54) is 0 Å². The van der Waals surface area contributed by atoms with Crippen LogP contribution in [0.4, 0.5) is 5.69 Å². The molecule has 0 saturated heterocycles. The molecule has 1 N–H and O–H groups in total. The molecule has 0 aliphatic rings. The summed E-state index contributed by atoms with van der Waals surface area (Å²) in [6.45, 7) is 1.99. The number of nitrogens with one attached hydrogen (secondary N) is 1. The Hall–Kier alpha value is -1.40. The van der Waals surface area contributed by atoms with Gasteiger partial charge in [0.05, 0.1) is 27.4 Å². The largest absolute Gasteiger partial charge is 0.376 e. The van der Waals surface area contributed by atoms with Crippen molar-refractivity contribution in [3.63, 3.8) is 0 Å². The van der Waals surface area contributed by atoms with E-state index in [1.807, 2.05) is 19.1 Å². The van der Waals surface area contributed by atoms with Gasteiger partial charge in [0.1, 0.15) is 0 Å². The Kier molecular flexibility index (Phi) is 4.77. The number of nitrogens with zero attached hydrogens (tertiary/aromatic N) is 1. The van der Waals surface area contributed by atoms with Crippen molar-refractivity contribution in [2.45, 2.75) is 13.0 Å². The molecule has 0 saturated carbocycles. The van der Waals surface area contributed by atoms with Crippen LogP contribution in [0.5, 0.6) is 0 Å². The summed E-state index contributed by atoms with van der Waals surface area (Å²) in [7, 11) is 0. The van der Waals surface area contributed by atoms with Crippen LogP contribution in [-0.4, -0.2) is 0 Å². The summed E-state index contributed by atoms with van der Waals surface area (Å²) in [6.07, 6.45) is 0. The van der Waals surface area contributed by atoms with Crippen molar-refractivity contribution in [2.75, 3.05) is 5.32 Å². The maximum absolute atomic E-state index is 8.79. The molecule has 102 valence electrons. The summed E-state index contributed by atoms with van der Waals surface area (Å²) in [5, 5.41) is 13.5. The molecule has 5 heteroatoms. The van der Waals surface area contributed by atoms with Crippen molar-refractivity contribution >= 4 is 40.5 Å². The van der Waals surface area contributed by atoms with Crippen LogP contribution in [0.1, 0.15) is 24.1 Å². The van der Waals surface area contributed by atoms with Crippen molar-refractivity contribution in [2.24, 2.45) is 0 Å². The molecule has 20 heavy (non-hydrogen) atoms. The zero-order chi connectivity index (χ0) is 14.7. The number of anilines is 1. The number of hydrogen-bond acceptors (Lipinski definition) is 2. The van der Waals surface area contributed by atoms with Crippen molar-refractivity contribution < 1.29 is 0 Å². The van der Waals surface area contributed by atoms with Gasteiger partial charge >= 0.3 is 0 Å². The first-order chi connectivity index (χ1) is 9.51. The third kappa shape index (κ3) is 3.37. The van der Waals surface area contributed by atoms with Gasteiger partial charge in [-0.25, -0.2) is 0 Å². The van der Waals surface area contributed by atoms with E-state index in [-0.39, 0.29) is 6.04 Å². The zero-order valence-electron chi connectivity index (χ0n) is 10.6. The molecular weight excluding hydrogens is 315 g/mol. The first-order valence-corrected chi connectivity index (χ1v) is 7.06. The monoisotopic (exact) mass is 324 g/mol. The van der Waals surface area contributed by atoms with Crippen molar-refractivity contribution in [1.82, 2.24) is 0 Å². The lowest BCUT2D eigenvalue weighted by Crippen LogP contribution is -2.07. The van der Waals surface area contributed by atoms with Gasteiger partial charge in [-0.1, -0.05) is 46.9 Å².